The van der Waals surface area contributed by atoms with E-state index in [1.54, 1.807) is 7.05 Å². The Balaban J connectivity index is 2.09. The number of aliphatic hydroxyl groups is 1. The number of aryl methyl sites for hydroxylation is 3. The number of aliphatic hydroxyl groups excluding tert-OH is 1. The number of nitrogens with zero attached hydrogens (tertiary/aromatic N) is 5. The van der Waals surface area contributed by atoms with Crippen molar-refractivity contribution in [2.75, 3.05) is 6.61 Å². The number of benzene rings is 1. The van der Waals surface area contributed by atoms with Gasteiger partial charge in [-0.15, -0.1) is 0 Å². The van der Waals surface area contributed by atoms with Gasteiger partial charge in [0.05, 0.1) is 0 Å². The highest BCUT2D eigenvalue weighted by atomic mass is 16.3. The highest BCUT2D eigenvalue weighted by Crippen LogP contribution is 2.24. The Hall–Kier alpha value is -3.13. The quantitative estimate of drug-likeness (QED) is 0.557. The topological polar surface area (TPSA) is 86.5 Å². The fourth-order valence-corrected chi connectivity index (χ4v) is 3.87. The van der Waals surface area contributed by atoms with Gasteiger partial charge in [0.2, 0.25) is 5.78 Å². The maximum absolute atomic E-state index is 13.2. The molecule has 0 bridgehead atoms. The monoisotopic (exact) mass is 395 g/mol. The number of aromatic nitrogens is 5. The molecule has 0 saturated heterocycles. The molecule has 0 radical (unpaired) electrons. The lowest BCUT2D eigenvalue weighted by Gasteiger charge is -2.08. The molecular weight excluding hydrogens is 370 g/mol. The molecule has 4 rings (SSSR count). The van der Waals surface area contributed by atoms with Gasteiger partial charge in [-0.2, -0.15) is 4.98 Å². The van der Waals surface area contributed by atoms with E-state index in [1.165, 1.54) is 14.7 Å². The zero-order valence-corrected chi connectivity index (χ0v) is 17.1. The maximum Gasteiger partial charge on any atom is 0.332 e. The Morgan fingerprint density at radius 2 is 1.76 bits per heavy atom. The van der Waals surface area contributed by atoms with Crippen molar-refractivity contribution in [3.05, 3.63) is 62.1 Å². The van der Waals surface area contributed by atoms with Crippen LogP contribution in [0.25, 0.3) is 22.6 Å². The molecule has 152 valence electrons. The summed E-state index contributed by atoms with van der Waals surface area (Å²) in [5.74, 6) is 0.603. The van der Waals surface area contributed by atoms with Crippen LogP contribution in [0.1, 0.15) is 30.3 Å². The summed E-state index contributed by atoms with van der Waals surface area (Å²) in [6.07, 6.45) is 1.30. The molecule has 1 aromatic carbocycles. The molecule has 0 aliphatic heterocycles. The lowest BCUT2D eigenvalue weighted by atomic mass is 10.1. The smallest absolute Gasteiger partial charge is 0.332 e. The van der Waals surface area contributed by atoms with Crippen molar-refractivity contribution < 1.29 is 5.11 Å². The van der Waals surface area contributed by atoms with Crippen LogP contribution >= 0.6 is 0 Å². The molecule has 0 spiro atoms. The predicted molar refractivity (Wildman–Crippen MR) is 112 cm³/mol. The van der Waals surface area contributed by atoms with E-state index in [4.69, 9.17) is 5.11 Å². The third-order valence-electron chi connectivity index (χ3n) is 5.66. The van der Waals surface area contributed by atoms with Gasteiger partial charge >= 0.3 is 5.69 Å². The van der Waals surface area contributed by atoms with Crippen molar-refractivity contribution in [3.63, 3.8) is 0 Å². The molecule has 0 amide bonds. The fourth-order valence-electron chi connectivity index (χ4n) is 3.87. The summed E-state index contributed by atoms with van der Waals surface area (Å²) in [7, 11) is 1.62. The van der Waals surface area contributed by atoms with E-state index in [0.717, 1.165) is 23.5 Å². The van der Waals surface area contributed by atoms with Crippen LogP contribution in [0.3, 0.4) is 0 Å². The first-order chi connectivity index (χ1) is 13.9. The van der Waals surface area contributed by atoms with E-state index >= 15 is 0 Å². The van der Waals surface area contributed by atoms with Crippen LogP contribution in [0.2, 0.25) is 0 Å². The summed E-state index contributed by atoms with van der Waals surface area (Å²) in [6.45, 7) is 6.14. The maximum atomic E-state index is 13.2. The summed E-state index contributed by atoms with van der Waals surface area (Å²) in [4.78, 5) is 30.5. The number of imidazole rings is 2. The SMILES string of the molecule is CCc1ccc(-n2c(C)c(C)n3c4c(=O)n(CCCO)c(=O)n(C)c4nc23)cc1. The van der Waals surface area contributed by atoms with Gasteiger partial charge < -0.3 is 5.11 Å². The average Bonchev–Trinajstić information content (AvgIpc) is 3.22. The summed E-state index contributed by atoms with van der Waals surface area (Å²) >= 11 is 0. The summed E-state index contributed by atoms with van der Waals surface area (Å²) < 4.78 is 6.42. The summed E-state index contributed by atoms with van der Waals surface area (Å²) in [5, 5.41) is 9.13. The third-order valence-corrected chi connectivity index (χ3v) is 5.66. The average molecular weight is 395 g/mol. The van der Waals surface area contributed by atoms with Gasteiger partial charge in [-0.05, 0) is 44.4 Å². The van der Waals surface area contributed by atoms with Crippen molar-refractivity contribution in [3.8, 4) is 5.69 Å². The molecule has 1 N–H and O–H groups in total. The van der Waals surface area contributed by atoms with Crippen LogP contribution in [-0.4, -0.2) is 34.8 Å². The molecule has 0 aliphatic rings. The van der Waals surface area contributed by atoms with Crippen molar-refractivity contribution in [2.24, 2.45) is 7.05 Å². The van der Waals surface area contributed by atoms with E-state index in [0.29, 0.717) is 23.4 Å². The van der Waals surface area contributed by atoms with E-state index < -0.39 is 5.69 Å². The Morgan fingerprint density at radius 3 is 2.38 bits per heavy atom. The molecule has 4 aromatic rings. The number of rotatable bonds is 5. The van der Waals surface area contributed by atoms with E-state index in [9.17, 15) is 9.59 Å². The molecule has 0 saturated carbocycles. The minimum absolute atomic E-state index is 0.0856. The van der Waals surface area contributed by atoms with Crippen molar-refractivity contribution in [1.82, 2.24) is 23.1 Å². The molecule has 0 unspecified atom stereocenters. The highest BCUT2D eigenvalue weighted by Gasteiger charge is 2.23. The van der Waals surface area contributed by atoms with Gasteiger partial charge in [-0.1, -0.05) is 19.1 Å². The second-order valence-electron chi connectivity index (χ2n) is 7.32. The van der Waals surface area contributed by atoms with Gasteiger partial charge in [0.1, 0.15) is 0 Å². The molecule has 0 aliphatic carbocycles. The van der Waals surface area contributed by atoms with Gasteiger partial charge in [0.25, 0.3) is 5.56 Å². The van der Waals surface area contributed by atoms with E-state index in [2.05, 4.69) is 24.0 Å². The molecule has 29 heavy (non-hydrogen) atoms. The summed E-state index contributed by atoms with van der Waals surface area (Å²) in [6, 6.07) is 8.26. The Bertz CT molecular complexity index is 1340. The number of fused-ring (bicyclic) bond motifs is 3. The molecule has 0 fully saturated rings. The van der Waals surface area contributed by atoms with Crippen molar-refractivity contribution >= 4 is 16.9 Å². The molecular formula is C21H25N5O3. The first kappa shape index (κ1) is 19.2. The Morgan fingerprint density at radius 1 is 1.07 bits per heavy atom. The lowest BCUT2D eigenvalue weighted by Crippen LogP contribution is -2.39. The fraction of sp³-hybridized carbons (Fsp3) is 0.381. The standard InChI is InChI=1S/C21H25N5O3/c1-5-15-7-9-16(10-8-15)25-13(2)14(3)26-17-18(22-20(25)26)23(4)21(29)24(19(17)28)11-6-12-27/h7-10,27H,5-6,11-12H2,1-4H3. The van der Waals surface area contributed by atoms with E-state index in [1.807, 2.05) is 34.9 Å². The second-order valence-corrected chi connectivity index (χ2v) is 7.32. The largest absolute Gasteiger partial charge is 0.396 e. The van der Waals surface area contributed by atoms with Crippen LogP contribution in [0, 0.1) is 13.8 Å². The lowest BCUT2D eigenvalue weighted by molar-refractivity contribution is 0.277. The molecule has 8 heteroatoms. The first-order valence-electron chi connectivity index (χ1n) is 9.80. The van der Waals surface area contributed by atoms with Crippen LogP contribution in [0.4, 0.5) is 0 Å². The van der Waals surface area contributed by atoms with Crippen LogP contribution < -0.4 is 11.2 Å². The number of hydrogen-bond donors (Lipinski definition) is 1. The molecule has 3 heterocycles. The van der Waals surface area contributed by atoms with Crippen molar-refractivity contribution in [2.45, 2.75) is 40.2 Å². The zero-order chi connectivity index (χ0) is 20.9. The predicted octanol–water partition coefficient (Wildman–Crippen LogP) is 1.70. The normalized spacial score (nSPS) is 11.8. The first-order valence-corrected chi connectivity index (χ1v) is 9.80. The third kappa shape index (κ3) is 2.74. The van der Waals surface area contributed by atoms with Crippen LogP contribution in [-0.2, 0) is 20.0 Å². The zero-order valence-electron chi connectivity index (χ0n) is 17.1. The number of hydrogen-bond acceptors (Lipinski definition) is 4. The minimum atomic E-state index is -0.426. The Labute approximate surface area is 167 Å². The van der Waals surface area contributed by atoms with E-state index in [-0.39, 0.29) is 18.7 Å². The van der Waals surface area contributed by atoms with Crippen LogP contribution in [0.15, 0.2) is 33.9 Å². The second kappa shape index (κ2) is 7.04. The van der Waals surface area contributed by atoms with Gasteiger partial charge in [-0.25, -0.2) is 4.79 Å². The Kier molecular flexibility index (Phi) is 4.66. The van der Waals surface area contributed by atoms with Crippen LogP contribution in [0.5, 0.6) is 0 Å². The van der Waals surface area contributed by atoms with Gasteiger partial charge in [-0.3, -0.25) is 22.9 Å². The molecule has 3 aromatic heterocycles. The van der Waals surface area contributed by atoms with Gasteiger partial charge in [0.15, 0.2) is 11.2 Å². The van der Waals surface area contributed by atoms with Crippen molar-refractivity contribution in [1.29, 1.82) is 0 Å². The summed E-state index contributed by atoms with van der Waals surface area (Å²) in [5.41, 5.74) is 4.01. The van der Waals surface area contributed by atoms with Gasteiger partial charge in [0, 0.05) is 37.3 Å². The molecule has 0 atom stereocenters. The highest BCUT2D eigenvalue weighted by molar-refractivity contribution is 5.77. The minimum Gasteiger partial charge on any atom is -0.396 e. The molecule has 8 nitrogen and oxygen atoms in total.